The minimum absolute atomic E-state index is 0.134. The molecule has 2 aromatic carbocycles. The molecule has 0 saturated carbocycles. The van der Waals surface area contributed by atoms with Crippen molar-refractivity contribution >= 4 is 23.2 Å². The van der Waals surface area contributed by atoms with Crippen LogP contribution in [0.4, 0.5) is 11.4 Å². The molecular formula is C18H19N3O5. The van der Waals surface area contributed by atoms with Crippen molar-refractivity contribution in [3.05, 3.63) is 63.7 Å². The first-order valence-electron chi connectivity index (χ1n) is 7.77. The molecule has 0 unspecified atom stereocenters. The highest BCUT2D eigenvalue weighted by molar-refractivity contribution is 6.00. The molecule has 2 rings (SSSR count). The Balaban J connectivity index is 2.08. The van der Waals surface area contributed by atoms with E-state index >= 15 is 0 Å². The predicted molar refractivity (Wildman–Crippen MR) is 96.4 cm³/mol. The van der Waals surface area contributed by atoms with Crippen LogP contribution in [0.15, 0.2) is 42.5 Å². The minimum Gasteiger partial charge on any atom is -0.497 e. The van der Waals surface area contributed by atoms with Crippen LogP contribution in [0.1, 0.15) is 15.9 Å². The van der Waals surface area contributed by atoms with E-state index in [4.69, 9.17) is 4.74 Å². The quantitative estimate of drug-likeness (QED) is 0.632. The second-order valence-electron chi connectivity index (χ2n) is 5.65. The van der Waals surface area contributed by atoms with E-state index in [1.165, 1.54) is 44.2 Å². The molecule has 8 heteroatoms. The van der Waals surface area contributed by atoms with Crippen LogP contribution in [-0.2, 0) is 4.79 Å². The summed E-state index contributed by atoms with van der Waals surface area (Å²) in [7, 11) is 2.99. The lowest BCUT2D eigenvalue weighted by Gasteiger charge is -2.18. The van der Waals surface area contributed by atoms with Crippen LogP contribution in [0, 0.1) is 17.0 Å². The fourth-order valence-corrected chi connectivity index (χ4v) is 2.45. The summed E-state index contributed by atoms with van der Waals surface area (Å²) >= 11 is 0. The van der Waals surface area contributed by atoms with E-state index in [0.29, 0.717) is 11.4 Å². The van der Waals surface area contributed by atoms with Crippen LogP contribution < -0.4 is 10.1 Å². The maximum Gasteiger partial charge on any atom is 0.273 e. The van der Waals surface area contributed by atoms with Crippen molar-refractivity contribution < 1.29 is 19.2 Å². The molecule has 2 aromatic rings. The first kappa shape index (κ1) is 18.9. The lowest BCUT2D eigenvalue weighted by atomic mass is 10.1. The van der Waals surface area contributed by atoms with Crippen molar-refractivity contribution in [1.82, 2.24) is 4.90 Å². The lowest BCUT2D eigenvalue weighted by Crippen LogP contribution is -2.35. The number of benzene rings is 2. The Labute approximate surface area is 150 Å². The van der Waals surface area contributed by atoms with Crippen LogP contribution >= 0.6 is 0 Å². The highest BCUT2D eigenvalue weighted by Gasteiger charge is 2.21. The molecule has 0 aromatic heterocycles. The maximum atomic E-state index is 12.5. The van der Waals surface area contributed by atoms with E-state index < -0.39 is 16.7 Å². The molecule has 2 amide bonds. The Morgan fingerprint density at radius 1 is 1.23 bits per heavy atom. The van der Waals surface area contributed by atoms with Crippen molar-refractivity contribution in [3.63, 3.8) is 0 Å². The molecule has 0 heterocycles. The summed E-state index contributed by atoms with van der Waals surface area (Å²) in [5.41, 5.74) is 0.866. The van der Waals surface area contributed by atoms with Crippen LogP contribution in [-0.4, -0.2) is 42.3 Å². The Morgan fingerprint density at radius 2 is 1.92 bits per heavy atom. The Kier molecular flexibility index (Phi) is 5.90. The largest absolute Gasteiger partial charge is 0.497 e. The molecule has 26 heavy (non-hydrogen) atoms. The van der Waals surface area contributed by atoms with Crippen molar-refractivity contribution in [2.45, 2.75) is 6.92 Å². The molecule has 0 aliphatic carbocycles. The Hall–Kier alpha value is -3.42. The van der Waals surface area contributed by atoms with E-state index in [1.807, 2.05) is 0 Å². The SMILES string of the molecule is COc1cccc(NC(=O)CN(C)C(=O)c2cccc([N+](=O)[O-])c2C)c1. The molecule has 136 valence electrons. The van der Waals surface area contributed by atoms with Crippen molar-refractivity contribution in [3.8, 4) is 5.75 Å². The molecule has 0 aliphatic rings. The molecule has 0 atom stereocenters. The highest BCUT2D eigenvalue weighted by Crippen LogP contribution is 2.22. The summed E-state index contributed by atoms with van der Waals surface area (Å²) in [4.78, 5) is 36.4. The smallest absolute Gasteiger partial charge is 0.273 e. The number of anilines is 1. The van der Waals surface area contributed by atoms with E-state index in [1.54, 1.807) is 24.3 Å². The number of carbonyl (C=O) groups is 2. The third kappa shape index (κ3) is 4.35. The normalized spacial score (nSPS) is 10.1. The minimum atomic E-state index is -0.540. The van der Waals surface area contributed by atoms with Gasteiger partial charge in [-0.15, -0.1) is 0 Å². The fourth-order valence-electron chi connectivity index (χ4n) is 2.45. The fraction of sp³-hybridized carbons (Fsp3) is 0.222. The average molecular weight is 357 g/mol. The van der Waals surface area contributed by atoms with Gasteiger partial charge in [0.25, 0.3) is 11.6 Å². The standard InChI is InChI=1S/C18H19N3O5/c1-12-15(8-5-9-16(12)21(24)25)18(23)20(2)11-17(22)19-13-6-4-7-14(10-13)26-3/h4-10H,11H2,1-3H3,(H,19,22). The van der Waals surface area contributed by atoms with Gasteiger partial charge in [-0.05, 0) is 25.1 Å². The molecule has 0 aliphatic heterocycles. The summed E-state index contributed by atoms with van der Waals surface area (Å²) in [6, 6.07) is 11.1. The summed E-state index contributed by atoms with van der Waals surface area (Å²) in [5.74, 6) is -0.261. The first-order chi connectivity index (χ1) is 12.3. The zero-order valence-electron chi connectivity index (χ0n) is 14.7. The first-order valence-corrected chi connectivity index (χ1v) is 7.77. The molecule has 0 radical (unpaired) electrons. The van der Waals surface area contributed by atoms with Gasteiger partial charge in [0.1, 0.15) is 5.75 Å². The number of carbonyl (C=O) groups excluding carboxylic acids is 2. The van der Waals surface area contributed by atoms with Crippen LogP contribution in [0.25, 0.3) is 0 Å². The highest BCUT2D eigenvalue weighted by atomic mass is 16.6. The van der Waals surface area contributed by atoms with Crippen molar-refractivity contribution in [2.75, 3.05) is 26.0 Å². The number of nitro groups is 1. The molecule has 0 saturated heterocycles. The summed E-state index contributed by atoms with van der Waals surface area (Å²) in [6.45, 7) is 1.31. The van der Waals surface area contributed by atoms with Gasteiger partial charge >= 0.3 is 0 Å². The number of nitrogens with one attached hydrogen (secondary N) is 1. The number of ether oxygens (including phenoxy) is 1. The van der Waals surface area contributed by atoms with Crippen LogP contribution in [0.5, 0.6) is 5.75 Å². The monoisotopic (exact) mass is 357 g/mol. The molecule has 1 N–H and O–H groups in total. The number of rotatable bonds is 6. The second kappa shape index (κ2) is 8.11. The van der Waals surface area contributed by atoms with E-state index in [-0.39, 0.29) is 23.4 Å². The number of methoxy groups -OCH3 is 1. The van der Waals surface area contributed by atoms with Crippen LogP contribution in [0.2, 0.25) is 0 Å². The Bertz CT molecular complexity index is 850. The molecule has 8 nitrogen and oxygen atoms in total. The lowest BCUT2D eigenvalue weighted by molar-refractivity contribution is -0.385. The molecule has 0 fully saturated rings. The van der Waals surface area contributed by atoms with Crippen molar-refractivity contribution in [1.29, 1.82) is 0 Å². The van der Waals surface area contributed by atoms with Gasteiger partial charge < -0.3 is 15.0 Å². The zero-order chi connectivity index (χ0) is 19.3. The molecular weight excluding hydrogens is 338 g/mol. The van der Waals surface area contributed by atoms with E-state index in [9.17, 15) is 19.7 Å². The van der Waals surface area contributed by atoms with Crippen LogP contribution in [0.3, 0.4) is 0 Å². The maximum absolute atomic E-state index is 12.5. The zero-order valence-corrected chi connectivity index (χ0v) is 14.7. The third-order valence-electron chi connectivity index (χ3n) is 3.81. The topological polar surface area (TPSA) is 102 Å². The summed E-state index contributed by atoms with van der Waals surface area (Å²) < 4.78 is 5.09. The van der Waals surface area contributed by atoms with Gasteiger partial charge in [-0.3, -0.25) is 19.7 Å². The third-order valence-corrected chi connectivity index (χ3v) is 3.81. The van der Waals surface area contributed by atoms with Gasteiger partial charge in [0.05, 0.1) is 18.6 Å². The number of nitrogens with zero attached hydrogens (tertiary/aromatic N) is 2. The number of hydrogen-bond donors (Lipinski definition) is 1. The number of hydrogen-bond acceptors (Lipinski definition) is 5. The van der Waals surface area contributed by atoms with E-state index in [0.717, 1.165) is 0 Å². The summed E-state index contributed by atoms with van der Waals surface area (Å²) in [5, 5.41) is 13.7. The van der Waals surface area contributed by atoms with Crippen molar-refractivity contribution in [2.24, 2.45) is 0 Å². The van der Waals surface area contributed by atoms with Gasteiger partial charge in [0, 0.05) is 36.0 Å². The second-order valence-corrected chi connectivity index (χ2v) is 5.65. The van der Waals surface area contributed by atoms with Gasteiger partial charge in [-0.1, -0.05) is 12.1 Å². The number of amides is 2. The van der Waals surface area contributed by atoms with Gasteiger partial charge in [-0.25, -0.2) is 0 Å². The summed E-state index contributed by atoms with van der Waals surface area (Å²) in [6.07, 6.45) is 0. The molecule has 0 bridgehead atoms. The van der Waals surface area contributed by atoms with Gasteiger partial charge in [-0.2, -0.15) is 0 Å². The van der Waals surface area contributed by atoms with E-state index in [2.05, 4.69) is 5.32 Å². The van der Waals surface area contributed by atoms with Gasteiger partial charge in [0.15, 0.2) is 0 Å². The molecule has 0 spiro atoms. The average Bonchev–Trinajstić information content (AvgIpc) is 2.61. The Morgan fingerprint density at radius 3 is 2.58 bits per heavy atom. The number of likely N-dealkylation sites (N-methyl/N-ethyl adjacent to an activating group) is 1. The predicted octanol–water partition coefficient (Wildman–Crippen LogP) is 2.62. The number of nitro benzene ring substituents is 1. The van der Waals surface area contributed by atoms with Gasteiger partial charge in [0.2, 0.25) is 5.91 Å².